The molecule has 244 valence electrons. The van der Waals surface area contributed by atoms with Crippen molar-refractivity contribution in [3.63, 3.8) is 0 Å². The molecule has 0 N–H and O–H groups in total. The van der Waals surface area contributed by atoms with Gasteiger partial charge in [0.1, 0.15) is 11.2 Å². The van der Waals surface area contributed by atoms with E-state index in [1.807, 2.05) is 0 Å². The molecule has 0 aliphatic rings. The van der Waals surface area contributed by atoms with Crippen molar-refractivity contribution in [2.75, 3.05) is 4.90 Å². The Morgan fingerprint density at radius 3 is 1.35 bits per heavy atom. The number of rotatable bonds is 6. The van der Waals surface area contributed by atoms with Crippen molar-refractivity contribution >= 4 is 60.5 Å². The van der Waals surface area contributed by atoms with E-state index in [1.54, 1.807) is 0 Å². The summed E-state index contributed by atoms with van der Waals surface area (Å²) in [6, 6.07) is 71.7. The molecule has 0 fully saturated rings. The summed E-state index contributed by atoms with van der Waals surface area (Å²) < 4.78 is 6.37. The summed E-state index contributed by atoms with van der Waals surface area (Å²) in [5.41, 5.74) is 12.2. The van der Waals surface area contributed by atoms with Crippen molar-refractivity contribution in [1.29, 1.82) is 0 Å². The fourth-order valence-electron chi connectivity index (χ4n) is 7.70. The first-order valence-electron chi connectivity index (χ1n) is 17.8. The van der Waals surface area contributed by atoms with Gasteiger partial charge in [-0.1, -0.05) is 146 Å². The minimum atomic E-state index is 0.876. The lowest BCUT2D eigenvalue weighted by Crippen LogP contribution is -2.09. The van der Waals surface area contributed by atoms with Crippen LogP contribution in [-0.2, 0) is 0 Å². The molecule has 0 spiro atoms. The lowest BCUT2D eigenvalue weighted by atomic mass is 9.97. The summed E-state index contributed by atoms with van der Waals surface area (Å²) in [7, 11) is 0. The van der Waals surface area contributed by atoms with E-state index in [2.05, 4.69) is 205 Å². The Morgan fingerprint density at radius 1 is 0.288 bits per heavy atom. The maximum atomic E-state index is 6.37. The van der Waals surface area contributed by atoms with Gasteiger partial charge in [-0.15, -0.1) is 0 Å². The normalized spacial score (nSPS) is 11.5. The predicted molar refractivity (Wildman–Crippen MR) is 220 cm³/mol. The van der Waals surface area contributed by atoms with Gasteiger partial charge in [0.25, 0.3) is 0 Å². The smallest absolute Gasteiger partial charge is 0.135 e. The summed E-state index contributed by atoms with van der Waals surface area (Å²) in [6.45, 7) is 0. The van der Waals surface area contributed by atoms with Crippen LogP contribution in [0.1, 0.15) is 0 Å². The van der Waals surface area contributed by atoms with Crippen LogP contribution in [0.2, 0.25) is 0 Å². The van der Waals surface area contributed by atoms with Gasteiger partial charge in [-0.2, -0.15) is 0 Å². The standard InChI is InChI=1S/C50H33NO/c1-2-10-34(11-3-1)39-24-30-49-47(32-39)48-33-42(29-31-50(48)52-49)51(40-25-20-37(21-26-40)45-18-8-14-35-12-4-6-16-43(35)45)41-27-22-38(23-28-41)46-19-9-15-36-13-5-7-17-44(36)46/h1-33H. The highest BCUT2D eigenvalue weighted by Gasteiger charge is 2.17. The van der Waals surface area contributed by atoms with Crippen molar-refractivity contribution < 1.29 is 4.42 Å². The number of nitrogens with zero attached hydrogens (tertiary/aromatic N) is 1. The van der Waals surface area contributed by atoms with Crippen LogP contribution in [0.5, 0.6) is 0 Å². The Kier molecular flexibility index (Phi) is 7.18. The van der Waals surface area contributed by atoms with Gasteiger partial charge in [-0.05, 0) is 110 Å². The van der Waals surface area contributed by atoms with Crippen molar-refractivity contribution in [3.05, 3.63) is 200 Å². The minimum Gasteiger partial charge on any atom is -0.456 e. The van der Waals surface area contributed by atoms with E-state index in [-0.39, 0.29) is 0 Å². The fourth-order valence-corrected chi connectivity index (χ4v) is 7.70. The molecule has 9 aromatic carbocycles. The highest BCUT2D eigenvalue weighted by Crippen LogP contribution is 2.41. The average molecular weight is 664 g/mol. The molecule has 2 heteroatoms. The van der Waals surface area contributed by atoms with Crippen LogP contribution in [0, 0.1) is 0 Å². The van der Waals surface area contributed by atoms with Gasteiger partial charge < -0.3 is 9.32 Å². The lowest BCUT2D eigenvalue weighted by Gasteiger charge is -2.26. The molecule has 1 aromatic heterocycles. The topological polar surface area (TPSA) is 16.4 Å². The largest absolute Gasteiger partial charge is 0.456 e. The van der Waals surface area contributed by atoms with Gasteiger partial charge in [-0.3, -0.25) is 0 Å². The minimum absolute atomic E-state index is 0.876. The number of furan rings is 1. The van der Waals surface area contributed by atoms with E-state index in [4.69, 9.17) is 4.42 Å². The first kappa shape index (κ1) is 30.0. The molecular formula is C50H33NO. The summed E-state index contributed by atoms with van der Waals surface area (Å²) in [4.78, 5) is 2.35. The van der Waals surface area contributed by atoms with Crippen molar-refractivity contribution in [1.82, 2.24) is 0 Å². The van der Waals surface area contributed by atoms with E-state index < -0.39 is 0 Å². The average Bonchev–Trinajstić information content (AvgIpc) is 3.59. The van der Waals surface area contributed by atoms with Gasteiger partial charge in [0.2, 0.25) is 0 Å². The van der Waals surface area contributed by atoms with E-state index in [1.165, 1.54) is 54.9 Å². The molecule has 0 aliphatic heterocycles. The monoisotopic (exact) mass is 663 g/mol. The molecule has 0 aliphatic carbocycles. The van der Waals surface area contributed by atoms with Crippen molar-refractivity contribution in [3.8, 4) is 33.4 Å². The lowest BCUT2D eigenvalue weighted by molar-refractivity contribution is 0.669. The summed E-state index contributed by atoms with van der Waals surface area (Å²) in [5, 5.41) is 7.20. The van der Waals surface area contributed by atoms with Gasteiger partial charge in [0.15, 0.2) is 0 Å². The maximum absolute atomic E-state index is 6.37. The molecule has 0 atom stereocenters. The molecule has 0 radical (unpaired) electrons. The summed E-state index contributed by atoms with van der Waals surface area (Å²) in [6.07, 6.45) is 0. The molecule has 10 aromatic rings. The Balaban J connectivity index is 1.11. The molecule has 0 amide bonds. The van der Waals surface area contributed by atoms with Crippen LogP contribution >= 0.6 is 0 Å². The van der Waals surface area contributed by atoms with E-state index in [0.29, 0.717) is 0 Å². The number of fused-ring (bicyclic) bond motifs is 5. The molecule has 2 nitrogen and oxygen atoms in total. The summed E-state index contributed by atoms with van der Waals surface area (Å²) >= 11 is 0. The Bertz CT molecular complexity index is 2750. The van der Waals surface area contributed by atoms with E-state index >= 15 is 0 Å². The van der Waals surface area contributed by atoms with Crippen LogP contribution in [0.4, 0.5) is 17.1 Å². The molecule has 0 saturated carbocycles. The first-order chi connectivity index (χ1) is 25.8. The van der Waals surface area contributed by atoms with Crippen LogP contribution in [0.15, 0.2) is 205 Å². The van der Waals surface area contributed by atoms with Crippen LogP contribution in [0.3, 0.4) is 0 Å². The molecule has 0 unspecified atom stereocenters. The Morgan fingerprint density at radius 2 is 0.750 bits per heavy atom. The molecular weight excluding hydrogens is 631 g/mol. The van der Waals surface area contributed by atoms with E-state index in [9.17, 15) is 0 Å². The van der Waals surface area contributed by atoms with Crippen molar-refractivity contribution in [2.45, 2.75) is 0 Å². The third kappa shape index (κ3) is 5.21. The first-order valence-corrected chi connectivity index (χ1v) is 17.8. The fraction of sp³-hybridized carbons (Fsp3) is 0. The van der Waals surface area contributed by atoms with E-state index in [0.717, 1.165) is 39.0 Å². The van der Waals surface area contributed by atoms with Gasteiger partial charge >= 0.3 is 0 Å². The van der Waals surface area contributed by atoms with Crippen molar-refractivity contribution in [2.24, 2.45) is 0 Å². The highest BCUT2D eigenvalue weighted by molar-refractivity contribution is 6.08. The zero-order chi connectivity index (χ0) is 34.4. The van der Waals surface area contributed by atoms with Gasteiger partial charge in [0.05, 0.1) is 0 Å². The second kappa shape index (κ2) is 12.5. The number of hydrogen-bond acceptors (Lipinski definition) is 2. The summed E-state index contributed by atoms with van der Waals surface area (Å²) in [5.74, 6) is 0. The second-order valence-electron chi connectivity index (χ2n) is 13.3. The van der Waals surface area contributed by atoms with Crippen LogP contribution in [-0.4, -0.2) is 0 Å². The number of anilines is 3. The Hall–Kier alpha value is -6.90. The number of hydrogen-bond donors (Lipinski definition) is 0. The van der Waals surface area contributed by atoms with Gasteiger partial charge in [0, 0.05) is 27.8 Å². The maximum Gasteiger partial charge on any atom is 0.135 e. The Labute approximate surface area is 302 Å². The predicted octanol–water partition coefficient (Wildman–Crippen LogP) is 14.4. The highest BCUT2D eigenvalue weighted by atomic mass is 16.3. The number of benzene rings is 9. The quantitative estimate of drug-likeness (QED) is 0.176. The molecule has 52 heavy (non-hydrogen) atoms. The van der Waals surface area contributed by atoms with Crippen LogP contribution < -0.4 is 4.90 Å². The molecule has 0 bridgehead atoms. The van der Waals surface area contributed by atoms with Crippen LogP contribution in [0.25, 0.3) is 76.9 Å². The second-order valence-corrected chi connectivity index (χ2v) is 13.3. The third-order valence-corrected chi connectivity index (χ3v) is 10.3. The molecule has 10 rings (SSSR count). The zero-order valence-corrected chi connectivity index (χ0v) is 28.4. The SMILES string of the molecule is c1ccc(-c2ccc3oc4ccc(N(c5ccc(-c6cccc7ccccc67)cc5)c5ccc(-c6cccc7ccccc67)cc5)cc4c3c2)cc1. The molecule has 0 saturated heterocycles. The zero-order valence-electron chi connectivity index (χ0n) is 28.4. The third-order valence-electron chi connectivity index (χ3n) is 10.3. The molecule has 1 heterocycles. The van der Waals surface area contributed by atoms with Gasteiger partial charge in [-0.25, -0.2) is 0 Å².